The van der Waals surface area contributed by atoms with E-state index >= 15 is 0 Å². The van der Waals surface area contributed by atoms with Gasteiger partial charge in [-0.3, -0.25) is 9.52 Å². The van der Waals surface area contributed by atoms with E-state index < -0.39 is 15.8 Å². The molecule has 20 heavy (non-hydrogen) atoms. The second kappa shape index (κ2) is 7.20. The number of anilines is 2. The van der Waals surface area contributed by atoms with Crippen LogP contribution in [-0.4, -0.2) is 33.7 Å². The Hall–Kier alpha value is -1.67. The molecule has 0 aliphatic rings. The summed E-state index contributed by atoms with van der Waals surface area (Å²) in [5.74, 6) is -0.993. The summed E-state index contributed by atoms with van der Waals surface area (Å²) in [6.45, 7) is 2.84. The normalized spacial score (nSPS) is 11.2. The highest BCUT2D eigenvalue weighted by Gasteiger charge is 2.09. The summed E-state index contributed by atoms with van der Waals surface area (Å²) in [4.78, 5) is 11.6. The zero-order chi connectivity index (χ0) is 15.2. The smallest absolute Gasteiger partial charge is 0.238 e. The average Bonchev–Trinajstić information content (AvgIpc) is 2.32. The van der Waals surface area contributed by atoms with Crippen molar-refractivity contribution >= 4 is 27.3 Å². The van der Waals surface area contributed by atoms with E-state index in [4.69, 9.17) is 0 Å². The van der Waals surface area contributed by atoms with Crippen LogP contribution in [-0.2, 0) is 14.8 Å². The molecule has 0 aromatic heterocycles. The number of carbonyl (C=O) groups excluding carboxylic acids is 1. The molecular weight excluding hydrogens is 285 g/mol. The van der Waals surface area contributed by atoms with E-state index in [1.807, 2.05) is 11.6 Å². The van der Waals surface area contributed by atoms with Gasteiger partial charge in [-0.2, -0.15) is 0 Å². The quantitative estimate of drug-likeness (QED) is 0.659. The molecule has 6 nitrogen and oxygen atoms in total. The van der Waals surface area contributed by atoms with Gasteiger partial charge >= 0.3 is 0 Å². The molecule has 0 fully saturated rings. The van der Waals surface area contributed by atoms with Crippen molar-refractivity contribution in [2.45, 2.75) is 13.3 Å². The van der Waals surface area contributed by atoms with E-state index in [1.165, 1.54) is 12.1 Å². The van der Waals surface area contributed by atoms with Crippen LogP contribution in [0.25, 0.3) is 0 Å². The summed E-state index contributed by atoms with van der Waals surface area (Å²) in [6, 6.07) is 3.68. The fourth-order valence-corrected chi connectivity index (χ4v) is 2.02. The van der Waals surface area contributed by atoms with Gasteiger partial charge in [-0.25, -0.2) is 12.8 Å². The Morgan fingerprint density at radius 2 is 2.05 bits per heavy atom. The molecule has 0 aliphatic heterocycles. The molecule has 1 rings (SSSR count). The molecule has 0 radical (unpaired) electrons. The zero-order valence-corrected chi connectivity index (χ0v) is 12.2. The first-order valence-corrected chi connectivity index (χ1v) is 7.99. The molecular formula is C12H18FN3O3S. The predicted octanol–water partition coefficient (Wildman–Crippen LogP) is 1.14. The molecule has 0 spiro atoms. The number of halogens is 1. The minimum absolute atomic E-state index is 0.139. The lowest BCUT2D eigenvalue weighted by atomic mass is 10.2. The summed E-state index contributed by atoms with van der Waals surface area (Å²) in [6.07, 6.45) is 1.83. The number of sulfonamides is 1. The third-order valence-electron chi connectivity index (χ3n) is 2.26. The maximum Gasteiger partial charge on any atom is 0.238 e. The third-order valence-corrected chi connectivity index (χ3v) is 2.85. The Kier molecular flexibility index (Phi) is 5.90. The fourth-order valence-electron chi connectivity index (χ4n) is 1.46. The molecule has 0 saturated heterocycles. The van der Waals surface area contributed by atoms with Crippen LogP contribution in [0.5, 0.6) is 0 Å². The predicted molar refractivity (Wildman–Crippen MR) is 76.7 cm³/mol. The number of hydrogen-bond donors (Lipinski definition) is 3. The van der Waals surface area contributed by atoms with E-state index in [0.717, 1.165) is 25.3 Å². The van der Waals surface area contributed by atoms with Crippen molar-refractivity contribution in [1.82, 2.24) is 5.32 Å². The van der Waals surface area contributed by atoms with E-state index in [-0.39, 0.29) is 18.1 Å². The number of carbonyl (C=O) groups is 1. The maximum absolute atomic E-state index is 13.4. The van der Waals surface area contributed by atoms with Gasteiger partial charge in [0.2, 0.25) is 15.9 Å². The van der Waals surface area contributed by atoms with Crippen molar-refractivity contribution in [3.63, 3.8) is 0 Å². The standard InChI is InChI=1S/C12H18FN3O3S/c1-3-6-14-8-12(17)15-9-4-5-10(13)11(7-9)16-20(2,18)19/h4-5,7,14,16H,3,6,8H2,1-2H3,(H,15,17). The van der Waals surface area contributed by atoms with Crippen LogP contribution in [0.15, 0.2) is 18.2 Å². The zero-order valence-electron chi connectivity index (χ0n) is 11.4. The van der Waals surface area contributed by atoms with Crippen LogP contribution in [0.2, 0.25) is 0 Å². The van der Waals surface area contributed by atoms with Crippen LogP contribution in [0.4, 0.5) is 15.8 Å². The first-order chi connectivity index (χ1) is 9.31. The summed E-state index contributed by atoms with van der Waals surface area (Å²) >= 11 is 0. The van der Waals surface area contributed by atoms with Crippen LogP contribution in [0, 0.1) is 5.82 Å². The Morgan fingerprint density at radius 1 is 1.35 bits per heavy atom. The molecule has 8 heteroatoms. The largest absolute Gasteiger partial charge is 0.325 e. The average molecular weight is 303 g/mol. The van der Waals surface area contributed by atoms with Crippen molar-refractivity contribution < 1.29 is 17.6 Å². The van der Waals surface area contributed by atoms with E-state index in [0.29, 0.717) is 5.69 Å². The molecule has 0 aliphatic carbocycles. The first kappa shape index (κ1) is 16.4. The highest BCUT2D eigenvalue weighted by Crippen LogP contribution is 2.20. The second-order valence-corrected chi connectivity index (χ2v) is 6.04. The Bertz CT molecular complexity index is 575. The fraction of sp³-hybridized carbons (Fsp3) is 0.417. The molecule has 3 N–H and O–H groups in total. The van der Waals surface area contributed by atoms with E-state index in [9.17, 15) is 17.6 Å². The van der Waals surface area contributed by atoms with Gasteiger partial charge in [-0.05, 0) is 31.2 Å². The summed E-state index contributed by atoms with van der Waals surface area (Å²) in [5, 5.41) is 5.47. The summed E-state index contributed by atoms with van der Waals surface area (Å²) < 4.78 is 37.7. The van der Waals surface area contributed by atoms with E-state index in [1.54, 1.807) is 0 Å². The van der Waals surface area contributed by atoms with Crippen molar-refractivity contribution in [3.05, 3.63) is 24.0 Å². The number of hydrogen-bond acceptors (Lipinski definition) is 4. The molecule has 1 aromatic carbocycles. The first-order valence-electron chi connectivity index (χ1n) is 6.09. The van der Waals surface area contributed by atoms with Gasteiger partial charge in [0.1, 0.15) is 5.82 Å². The summed E-state index contributed by atoms with van der Waals surface area (Å²) in [5.41, 5.74) is 0.118. The lowest BCUT2D eigenvalue weighted by molar-refractivity contribution is -0.115. The lowest BCUT2D eigenvalue weighted by Crippen LogP contribution is -2.28. The van der Waals surface area contributed by atoms with Gasteiger partial charge in [0.05, 0.1) is 18.5 Å². The molecule has 0 atom stereocenters. The van der Waals surface area contributed by atoms with Crippen LogP contribution in [0.3, 0.4) is 0 Å². The lowest BCUT2D eigenvalue weighted by Gasteiger charge is -2.09. The van der Waals surface area contributed by atoms with E-state index in [2.05, 4.69) is 10.6 Å². The molecule has 1 aromatic rings. The SMILES string of the molecule is CCCNCC(=O)Nc1ccc(F)c(NS(C)(=O)=O)c1. The van der Waals surface area contributed by atoms with Gasteiger partial charge in [-0.1, -0.05) is 6.92 Å². The molecule has 1 amide bonds. The number of amides is 1. The van der Waals surface area contributed by atoms with Crippen LogP contribution in [0.1, 0.15) is 13.3 Å². The number of benzene rings is 1. The minimum atomic E-state index is -3.58. The monoisotopic (exact) mass is 303 g/mol. The molecule has 0 saturated carbocycles. The summed E-state index contributed by atoms with van der Waals surface area (Å²) in [7, 11) is -3.58. The second-order valence-electron chi connectivity index (χ2n) is 4.29. The number of nitrogens with one attached hydrogen (secondary N) is 3. The molecule has 0 unspecified atom stereocenters. The van der Waals surface area contributed by atoms with Crippen molar-refractivity contribution in [3.8, 4) is 0 Å². The van der Waals surface area contributed by atoms with Crippen molar-refractivity contribution in [1.29, 1.82) is 0 Å². The van der Waals surface area contributed by atoms with Gasteiger partial charge in [0.15, 0.2) is 0 Å². The van der Waals surface area contributed by atoms with Crippen molar-refractivity contribution in [2.24, 2.45) is 0 Å². The van der Waals surface area contributed by atoms with Crippen LogP contribution < -0.4 is 15.4 Å². The maximum atomic E-state index is 13.4. The molecule has 112 valence electrons. The highest BCUT2D eigenvalue weighted by molar-refractivity contribution is 7.92. The third kappa shape index (κ3) is 5.98. The highest BCUT2D eigenvalue weighted by atomic mass is 32.2. The number of rotatable bonds is 7. The molecule has 0 heterocycles. The minimum Gasteiger partial charge on any atom is -0.325 e. The Labute approximate surface area is 117 Å². The topological polar surface area (TPSA) is 87.3 Å². The molecule has 0 bridgehead atoms. The Balaban J connectivity index is 2.72. The van der Waals surface area contributed by atoms with Gasteiger partial charge < -0.3 is 10.6 Å². The Morgan fingerprint density at radius 3 is 2.65 bits per heavy atom. The van der Waals surface area contributed by atoms with Crippen LogP contribution >= 0.6 is 0 Å². The van der Waals surface area contributed by atoms with Gasteiger partial charge in [-0.15, -0.1) is 0 Å². The van der Waals surface area contributed by atoms with Gasteiger partial charge in [0, 0.05) is 5.69 Å². The van der Waals surface area contributed by atoms with Crippen molar-refractivity contribution in [2.75, 3.05) is 29.4 Å². The van der Waals surface area contributed by atoms with Gasteiger partial charge in [0.25, 0.3) is 0 Å².